The molecule has 0 atom stereocenters. The van der Waals surface area contributed by atoms with Gasteiger partial charge in [0.05, 0.1) is 8.95 Å². The lowest BCUT2D eigenvalue weighted by atomic mass is 9.79. The molecule has 0 spiro atoms. The third kappa shape index (κ3) is 14.7. The van der Waals surface area contributed by atoms with Gasteiger partial charge in [-0.3, -0.25) is 0 Å². The SMILES string of the molecule is Brc1c2oc(-c3ccccc3)c(-c3ccccc3)c2c(Br)c2oc(-c3ccccc3)c(-c3ccccc3)c12.C.OB(O)c1ccc(-c2cccc3ccccc23)cc1.[HH].c1ccc(-c2oc3c(-c4ccc(-c5cccc6ccccc56)cc4)c4c(-c5ccccc5)c(-c5ccccc5)oc4c(-c4ccc(-c5cccc6ccccc56)cc4)c3c2-c2ccccc2)cc1. The van der Waals surface area contributed by atoms with Crippen LogP contribution >= 0.6 is 31.9 Å². The first-order valence-corrected chi connectivity index (χ1v) is 43.4. The summed E-state index contributed by atoms with van der Waals surface area (Å²) in [6.07, 6.45) is 0. The summed E-state index contributed by atoms with van der Waals surface area (Å²) in [5.74, 6) is 3.27. The van der Waals surface area contributed by atoms with Gasteiger partial charge >= 0.3 is 7.12 Å². The van der Waals surface area contributed by atoms with Crippen molar-refractivity contribution in [1.29, 1.82) is 0 Å². The molecule has 0 saturated carbocycles. The van der Waals surface area contributed by atoms with Crippen molar-refractivity contribution in [3.8, 4) is 145 Å². The summed E-state index contributed by atoms with van der Waals surface area (Å²) in [5.41, 5.74) is 27.0. The van der Waals surface area contributed by atoms with Gasteiger partial charge < -0.3 is 27.7 Å². The predicted molar refractivity (Wildman–Crippen MR) is 536 cm³/mol. The zero-order chi connectivity index (χ0) is 83.9. The van der Waals surface area contributed by atoms with Crippen molar-refractivity contribution in [2.45, 2.75) is 7.43 Å². The van der Waals surface area contributed by atoms with Crippen LogP contribution in [0, 0.1) is 0 Å². The van der Waals surface area contributed by atoms with E-state index in [4.69, 9.17) is 27.7 Å². The molecule has 0 amide bonds. The van der Waals surface area contributed by atoms with E-state index >= 15 is 0 Å². The van der Waals surface area contributed by atoms with Crippen molar-refractivity contribution in [3.05, 3.63) is 452 Å². The molecule has 0 aliphatic heterocycles. The lowest BCUT2D eigenvalue weighted by Gasteiger charge is -2.15. The van der Waals surface area contributed by atoms with E-state index in [1.807, 2.05) is 78.9 Å². The van der Waals surface area contributed by atoms with E-state index in [0.29, 0.717) is 5.46 Å². The number of hydrogen-bond acceptors (Lipinski definition) is 6. The molecule has 0 radical (unpaired) electrons. The van der Waals surface area contributed by atoms with Crippen molar-refractivity contribution >= 4 is 121 Å². The van der Waals surface area contributed by atoms with Crippen LogP contribution in [0.3, 0.4) is 0 Å². The Kier molecular flexibility index (Phi) is 21.9. The number of benzene rings is 19. The third-order valence-corrected chi connectivity index (χ3v) is 25.2. The van der Waals surface area contributed by atoms with Gasteiger partial charge in [-0.2, -0.15) is 0 Å². The smallest absolute Gasteiger partial charge is 0.455 e. The van der Waals surface area contributed by atoms with E-state index < -0.39 is 7.12 Å². The summed E-state index contributed by atoms with van der Waals surface area (Å²) in [6, 6.07) is 154. The topological polar surface area (TPSA) is 93.0 Å². The molecule has 0 unspecified atom stereocenters. The summed E-state index contributed by atoms with van der Waals surface area (Å²) >= 11 is 7.94. The lowest BCUT2D eigenvalue weighted by molar-refractivity contribution is 0.426. The molecule has 4 aromatic heterocycles. The monoisotopic (exact) mass is 1750 g/mol. The second-order valence-electron chi connectivity index (χ2n) is 31.1. The molecule has 0 saturated heterocycles. The molecule has 0 fully saturated rings. The Balaban J connectivity index is 0.000000148. The van der Waals surface area contributed by atoms with Gasteiger partial charge in [0.25, 0.3) is 0 Å². The van der Waals surface area contributed by atoms with Gasteiger partial charge in [-0.05, 0) is 136 Å². The van der Waals surface area contributed by atoms with Crippen LogP contribution in [0.25, 0.3) is 222 Å². The Morgan fingerprint density at radius 1 is 0.190 bits per heavy atom. The van der Waals surface area contributed by atoms with E-state index in [-0.39, 0.29) is 8.85 Å². The van der Waals surface area contributed by atoms with Crippen molar-refractivity contribution in [3.63, 3.8) is 0 Å². The molecule has 19 aromatic carbocycles. The number of furan rings is 4. The molecule has 6 nitrogen and oxygen atoms in total. The van der Waals surface area contributed by atoms with Crippen molar-refractivity contribution in [2.75, 3.05) is 0 Å². The molecule has 2 N–H and O–H groups in total. The summed E-state index contributed by atoms with van der Waals surface area (Å²) in [4.78, 5) is 0. The molecule has 23 aromatic rings. The van der Waals surface area contributed by atoms with Gasteiger partial charge in [-0.1, -0.05) is 450 Å². The van der Waals surface area contributed by atoms with Crippen LogP contribution in [0.4, 0.5) is 0 Å². The number of rotatable bonds is 14. The van der Waals surface area contributed by atoms with Crippen LogP contribution in [0.2, 0.25) is 0 Å². The van der Waals surface area contributed by atoms with Crippen molar-refractivity contribution < 1.29 is 29.1 Å². The van der Waals surface area contributed by atoms with Crippen molar-refractivity contribution in [1.82, 2.24) is 0 Å². The summed E-state index contributed by atoms with van der Waals surface area (Å²) in [7, 11) is -1.42. The molecule has 0 aliphatic rings. The Morgan fingerprint density at radius 2 is 0.397 bits per heavy atom. The first-order valence-electron chi connectivity index (χ1n) is 41.8. The Bertz CT molecular complexity index is 7460. The summed E-state index contributed by atoms with van der Waals surface area (Å²) in [6.45, 7) is 0. The largest absolute Gasteiger partial charge is 0.488 e. The van der Waals surface area contributed by atoms with Gasteiger partial charge in [0.15, 0.2) is 11.2 Å². The van der Waals surface area contributed by atoms with Gasteiger partial charge in [0.2, 0.25) is 0 Å². The summed E-state index contributed by atoms with van der Waals surface area (Å²) in [5, 5.41) is 29.5. The van der Waals surface area contributed by atoms with Crippen LogP contribution in [0.15, 0.2) is 469 Å². The lowest BCUT2D eigenvalue weighted by Crippen LogP contribution is -2.29. The predicted octanol–water partition coefficient (Wildman–Crippen LogP) is 33.3. The maximum atomic E-state index is 9.11. The molecule has 4 heterocycles. The molecule has 126 heavy (non-hydrogen) atoms. The maximum absolute atomic E-state index is 9.11. The summed E-state index contributed by atoms with van der Waals surface area (Å²) < 4.78 is 30.4. The van der Waals surface area contributed by atoms with Crippen LogP contribution in [-0.2, 0) is 0 Å². The fourth-order valence-corrected chi connectivity index (χ4v) is 19.2. The van der Waals surface area contributed by atoms with E-state index in [1.165, 1.54) is 43.4 Å². The molecule has 9 heteroatoms. The van der Waals surface area contributed by atoms with Crippen molar-refractivity contribution in [2.24, 2.45) is 0 Å². The maximum Gasteiger partial charge on any atom is 0.488 e. The normalized spacial score (nSPS) is 11.3. The minimum Gasteiger partial charge on any atom is -0.455 e. The highest BCUT2D eigenvalue weighted by molar-refractivity contribution is 9.11. The van der Waals surface area contributed by atoms with E-state index in [0.717, 1.165) is 187 Å². The molecular weight excluding hydrogens is 1670 g/mol. The first kappa shape index (κ1) is 79.5. The zero-order valence-corrected chi connectivity index (χ0v) is 70.7. The molecule has 0 bridgehead atoms. The van der Waals surface area contributed by atoms with Crippen LogP contribution in [-0.4, -0.2) is 17.2 Å². The van der Waals surface area contributed by atoms with Crippen LogP contribution < -0.4 is 5.46 Å². The Hall–Kier alpha value is -14.9. The van der Waals surface area contributed by atoms with Gasteiger partial charge in [-0.15, -0.1) is 0 Å². The van der Waals surface area contributed by atoms with E-state index in [2.05, 4.69) is 384 Å². The quantitative estimate of drug-likeness (QED) is 0.105. The van der Waals surface area contributed by atoms with Crippen LogP contribution in [0.5, 0.6) is 0 Å². The number of hydrogen-bond donors (Lipinski definition) is 2. The second-order valence-corrected chi connectivity index (χ2v) is 32.7. The van der Waals surface area contributed by atoms with Gasteiger partial charge in [0.1, 0.15) is 34.2 Å². The highest BCUT2D eigenvalue weighted by atomic mass is 79.9. The van der Waals surface area contributed by atoms with Gasteiger partial charge in [-0.25, -0.2) is 0 Å². The minimum atomic E-state index is -1.42. The zero-order valence-electron chi connectivity index (χ0n) is 67.5. The average molecular weight is 1750 g/mol. The minimum absolute atomic E-state index is 0. The Morgan fingerprint density at radius 3 is 0.667 bits per heavy atom. The van der Waals surface area contributed by atoms with E-state index in [9.17, 15) is 0 Å². The van der Waals surface area contributed by atoms with E-state index in [1.54, 1.807) is 12.1 Å². The third-order valence-electron chi connectivity index (χ3n) is 23.7. The van der Waals surface area contributed by atoms with Crippen LogP contribution in [0.1, 0.15) is 8.85 Å². The number of halogens is 2. The number of fused-ring (bicyclic) bond motifs is 7. The molecule has 23 rings (SSSR count). The van der Waals surface area contributed by atoms with Gasteiger partial charge in [0, 0.05) is 78.6 Å². The molecular formula is C117H81BBr2O6. The molecule has 0 aliphatic carbocycles. The Labute approximate surface area is 748 Å². The standard InChI is InChI=1S/C66H42O2.C34H20Br2O2.C16H13BO2.CH4.H2/c1-5-21-47(22-6-1)57-61-59(49-39-35-45(36-40-49)55-33-17-29-43-19-13-15-31-53(43)55)66-62(58(48-23-7-2-8-24-48)64(68-66)52-27-11-4-12-28-52)60(65(61)67-63(57)51-25-9-3-10-26-51)50-41-37-46(38-42-50)56-34-18-30-44-20-14-16-32-54(44)56;35-29-27-25(21-13-5-1-6-14-21)31(23-17-9-3-10-18-23)37-33(27)30(36)28-26(22-15-7-2-8-16-22)32(38-34(28)29)24-19-11-4-12-20-24;18-17(19)14-10-8-13(9-11-14)16-7-3-5-12-4-1-2-6-15(12)16;;/h1-42H;1-20H;1-11,18-19H;1H4;1H. The molecule has 602 valence electrons. The highest BCUT2D eigenvalue weighted by Gasteiger charge is 2.34. The fraction of sp³-hybridized carbons (Fsp3) is 0.00855. The fourth-order valence-electron chi connectivity index (χ4n) is 17.9. The first-order chi connectivity index (χ1) is 61.7. The second kappa shape index (κ2) is 34.8. The average Bonchev–Trinajstić information content (AvgIpc) is 1.54. The highest BCUT2D eigenvalue weighted by Crippen LogP contribution is 2.58.